The van der Waals surface area contributed by atoms with Crippen molar-refractivity contribution >= 4 is 5.97 Å². The highest BCUT2D eigenvalue weighted by Crippen LogP contribution is 2.53. The Balaban J connectivity index is 1.97. The van der Waals surface area contributed by atoms with Crippen LogP contribution in [0.2, 0.25) is 0 Å². The summed E-state index contributed by atoms with van der Waals surface area (Å²) in [5, 5.41) is 2.61. The molecule has 0 bridgehead atoms. The van der Waals surface area contributed by atoms with Gasteiger partial charge in [0.25, 0.3) is 5.92 Å². The minimum absolute atomic E-state index is 0.407. The van der Waals surface area contributed by atoms with Gasteiger partial charge >= 0.3 is 5.97 Å². The zero-order valence-electron chi connectivity index (χ0n) is 7.22. The van der Waals surface area contributed by atoms with Gasteiger partial charge in [-0.2, -0.15) is 0 Å². The lowest BCUT2D eigenvalue weighted by Crippen LogP contribution is -2.43. The van der Waals surface area contributed by atoms with Crippen LogP contribution in [0.4, 0.5) is 8.78 Å². The maximum atomic E-state index is 12.8. The number of rotatable bonds is 1. The minimum atomic E-state index is -2.61. The third-order valence-corrected chi connectivity index (χ3v) is 2.84. The van der Waals surface area contributed by atoms with Gasteiger partial charge in [0.1, 0.15) is 6.04 Å². The van der Waals surface area contributed by atoms with E-state index in [2.05, 4.69) is 10.1 Å². The van der Waals surface area contributed by atoms with Crippen LogP contribution in [0, 0.1) is 5.92 Å². The molecule has 3 nitrogen and oxygen atoms in total. The number of fused-ring (bicyclic) bond motifs is 1. The van der Waals surface area contributed by atoms with Crippen molar-refractivity contribution in [3.63, 3.8) is 0 Å². The molecule has 0 amide bonds. The zero-order valence-corrected chi connectivity index (χ0v) is 7.22. The summed E-state index contributed by atoms with van der Waals surface area (Å²) in [6.45, 7) is 0. The lowest BCUT2D eigenvalue weighted by Gasteiger charge is -2.18. The first-order valence-electron chi connectivity index (χ1n) is 4.29. The largest absolute Gasteiger partial charge is 0.468 e. The molecule has 0 aromatic rings. The molecule has 2 unspecified atom stereocenters. The molecule has 3 atom stereocenters. The van der Waals surface area contributed by atoms with Crippen molar-refractivity contribution < 1.29 is 18.3 Å². The maximum Gasteiger partial charge on any atom is 0.322 e. The molecule has 1 aliphatic carbocycles. The lowest BCUT2D eigenvalue weighted by molar-refractivity contribution is -0.143. The molecule has 1 heterocycles. The monoisotopic (exact) mass is 191 g/mol. The molecule has 0 aromatic heterocycles. The molecule has 13 heavy (non-hydrogen) atoms. The van der Waals surface area contributed by atoms with Crippen molar-refractivity contribution in [2.45, 2.75) is 30.8 Å². The molecule has 0 spiro atoms. The number of halogens is 2. The van der Waals surface area contributed by atoms with Crippen LogP contribution in [0.15, 0.2) is 0 Å². The average molecular weight is 191 g/mol. The van der Waals surface area contributed by atoms with Gasteiger partial charge < -0.3 is 4.74 Å². The fourth-order valence-corrected chi connectivity index (χ4v) is 1.95. The number of esters is 1. The van der Waals surface area contributed by atoms with E-state index in [-0.39, 0.29) is 0 Å². The Bertz CT molecular complexity index is 244. The first-order chi connectivity index (χ1) is 6.07. The van der Waals surface area contributed by atoms with E-state index >= 15 is 0 Å². The van der Waals surface area contributed by atoms with E-state index in [9.17, 15) is 13.6 Å². The van der Waals surface area contributed by atoms with Gasteiger partial charge in [-0.15, -0.1) is 0 Å². The minimum Gasteiger partial charge on any atom is -0.468 e. The fourth-order valence-electron chi connectivity index (χ4n) is 1.95. The van der Waals surface area contributed by atoms with Gasteiger partial charge in [-0.3, -0.25) is 10.1 Å². The molecular weight excluding hydrogens is 180 g/mol. The zero-order chi connectivity index (χ0) is 9.64. The highest BCUT2D eigenvalue weighted by molar-refractivity contribution is 5.76. The number of hydrogen-bond acceptors (Lipinski definition) is 3. The van der Waals surface area contributed by atoms with Crippen LogP contribution >= 0.6 is 0 Å². The van der Waals surface area contributed by atoms with E-state index < -0.39 is 29.9 Å². The standard InChI is InChI=1S/C8H11F2NO2/c1-13-7(12)5-3-2-4-6(11-5)8(4,9)10/h4-6,11H,2-3H2,1H3/t4?,5-,6?/m1/s1. The molecular formula is C8H11F2NO2. The number of carbonyl (C=O) groups excluding carboxylic acids is 1. The number of piperidine rings is 1. The molecule has 1 N–H and O–H groups in total. The smallest absolute Gasteiger partial charge is 0.322 e. The van der Waals surface area contributed by atoms with Gasteiger partial charge in [-0.25, -0.2) is 8.78 Å². The topological polar surface area (TPSA) is 38.3 Å². The van der Waals surface area contributed by atoms with Crippen LogP contribution in [-0.2, 0) is 9.53 Å². The van der Waals surface area contributed by atoms with Crippen molar-refractivity contribution in [3.05, 3.63) is 0 Å². The fraction of sp³-hybridized carbons (Fsp3) is 0.875. The Labute approximate surface area is 74.4 Å². The van der Waals surface area contributed by atoms with Crippen LogP contribution < -0.4 is 5.32 Å². The highest BCUT2D eigenvalue weighted by Gasteiger charge is 2.70. The van der Waals surface area contributed by atoms with Gasteiger partial charge in [-0.1, -0.05) is 0 Å². The molecule has 2 aliphatic rings. The number of carbonyl (C=O) groups is 1. The Morgan fingerprint density at radius 2 is 2.23 bits per heavy atom. The second kappa shape index (κ2) is 2.64. The van der Waals surface area contributed by atoms with E-state index in [0.717, 1.165) is 0 Å². The van der Waals surface area contributed by atoms with E-state index in [1.165, 1.54) is 7.11 Å². The summed E-state index contributed by atoms with van der Waals surface area (Å²) in [5.41, 5.74) is 0. The molecule has 2 rings (SSSR count). The summed E-state index contributed by atoms with van der Waals surface area (Å²) < 4.78 is 30.1. The van der Waals surface area contributed by atoms with Crippen molar-refractivity contribution in [1.82, 2.24) is 5.32 Å². The van der Waals surface area contributed by atoms with Gasteiger partial charge in [0.15, 0.2) is 0 Å². The van der Waals surface area contributed by atoms with Crippen LogP contribution in [0.25, 0.3) is 0 Å². The molecule has 1 saturated carbocycles. The van der Waals surface area contributed by atoms with Gasteiger partial charge in [-0.05, 0) is 12.8 Å². The Morgan fingerprint density at radius 3 is 2.77 bits per heavy atom. The molecule has 0 aromatic carbocycles. The molecule has 1 saturated heterocycles. The van der Waals surface area contributed by atoms with Crippen molar-refractivity contribution in [1.29, 1.82) is 0 Å². The van der Waals surface area contributed by atoms with Crippen molar-refractivity contribution in [2.75, 3.05) is 7.11 Å². The van der Waals surface area contributed by atoms with Crippen LogP contribution in [0.5, 0.6) is 0 Å². The maximum absolute atomic E-state index is 12.8. The summed E-state index contributed by atoms with van der Waals surface area (Å²) in [5.74, 6) is -3.61. The summed E-state index contributed by atoms with van der Waals surface area (Å²) in [4.78, 5) is 11.0. The van der Waals surface area contributed by atoms with Gasteiger partial charge in [0.05, 0.1) is 13.2 Å². The third-order valence-electron chi connectivity index (χ3n) is 2.84. The second-order valence-corrected chi connectivity index (χ2v) is 3.58. The van der Waals surface area contributed by atoms with Gasteiger partial charge in [0, 0.05) is 5.92 Å². The Hall–Kier alpha value is -0.710. The number of hydrogen-bond donors (Lipinski definition) is 1. The predicted molar refractivity (Wildman–Crippen MR) is 40.4 cm³/mol. The van der Waals surface area contributed by atoms with Crippen LogP contribution in [0.3, 0.4) is 0 Å². The summed E-state index contributed by atoms with van der Waals surface area (Å²) in [7, 11) is 1.27. The number of nitrogens with one attached hydrogen (secondary N) is 1. The lowest BCUT2D eigenvalue weighted by atomic mass is 10.1. The van der Waals surface area contributed by atoms with Crippen LogP contribution in [0.1, 0.15) is 12.8 Å². The Kier molecular flexibility index (Phi) is 1.80. The van der Waals surface area contributed by atoms with Crippen molar-refractivity contribution in [2.24, 2.45) is 5.92 Å². The molecule has 2 fully saturated rings. The van der Waals surface area contributed by atoms with Gasteiger partial charge in [0.2, 0.25) is 0 Å². The Morgan fingerprint density at radius 1 is 1.54 bits per heavy atom. The number of alkyl halides is 2. The van der Waals surface area contributed by atoms with E-state index in [1.807, 2.05) is 0 Å². The summed E-state index contributed by atoms with van der Waals surface area (Å²) in [6, 6.07) is -1.34. The first kappa shape index (κ1) is 8.87. The van der Waals surface area contributed by atoms with Crippen molar-refractivity contribution in [3.8, 4) is 0 Å². The van der Waals surface area contributed by atoms with E-state index in [1.54, 1.807) is 0 Å². The summed E-state index contributed by atoms with van der Waals surface area (Å²) >= 11 is 0. The molecule has 5 heteroatoms. The molecule has 74 valence electrons. The summed E-state index contributed by atoms with van der Waals surface area (Å²) in [6.07, 6.45) is 0.855. The number of methoxy groups -OCH3 is 1. The predicted octanol–water partition coefficient (Wildman–Crippen LogP) is 0.545. The quantitative estimate of drug-likeness (QED) is 0.615. The second-order valence-electron chi connectivity index (χ2n) is 3.58. The average Bonchev–Trinajstić information content (AvgIpc) is 2.68. The molecule has 0 radical (unpaired) electrons. The number of ether oxygens (including phenoxy) is 1. The third kappa shape index (κ3) is 1.22. The SMILES string of the molecule is COC(=O)[C@H]1CCC2C(N1)C2(F)F. The van der Waals surface area contributed by atoms with E-state index in [0.29, 0.717) is 12.8 Å². The van der Waals surface area contributed by atoms with E-state index in [4.69, 9.17) is 0 Å². The van der Waals surface area contributed by atoms with Crippen LogP contribution in [-0.4, -0.2) is 31.1 Å². The normalized spacial score (nSPS) is 40.7. The first-order valence-corrected chi connectivity index (χ1v) is 4.29. The molecule has 1 aliphatic heterocycles. The highest BCUT2D eigenvalue weighted by atomic mass is 19.3.